The smallest absolute Gasteiger partial charge is 0.217 e. The molecule has 0 radical (unpaired) electrons. The van der Waals surface area contributed by atoms with Gasteiger partial charge in [-0.2, -0.15) is 4.39 Å². The molecule has 70 valence electrons. The van der Waals surface area contributed by atoms with Crippen LogP contribution in [0.15, 0.2) is 18.3 Å². The van der Waals surface area contributed by atoms with Crippen LogP contribution in [0.1, 0.15) is 30.9 Å². The van der Waals surface area contributed by atoms with E-state index in [1.54, 1.807) is 12.1 Å². The van der Waals surface area contributed by atoms with E-state index in [2.05, 4.69) is 4.98 Å². The van der Waals surface area contributed by atoms with Crippen molar-refractivity contribution in [3.05, 3.63) is 29.8 Å². The molecule has 1 atom stereocenters. The van der Waals surface area contributed by atoms with Gasteiger partial charge in [0.25, 0.3) is 0 Å². The molecule has 0 aromatic carbocycles. The van der Waals surface area contributed by atoms with Crippen molar-refractivity contribution in [1.29, 1.82) is 0 Å². The van der Waals surface area contributed by atoms with E-state index in [4.69, 9.17) is 5.73 Å². The SMILES string of the molecule is N[C@H](CC1CC1)c1cccnc1F. The van der Waals surface area contributed by atoms with Gasteiger partial charge >= 0.3 is 0 Å². The van der Waals surface area contributed by atoms with Gasteiger partial charge in [0.2, 0.25) is 5.95 Å². The summed E-state index contributed by atoms with van der Waals surface area (Å²) in [5, 5.41) is 0. The van der Waals surface area contributed by atoms with Crippen LogP contribution in [0.25, 0.3) is 0 Å². The molecule has 0 amide bonds. The molecular weight excluding hydrogens is 167 g/mol. The molecule has 2 N–H and O–H groups in total. The molecule has 1 heterocycles. The number of nitrogens with two attached hydrogens (primary N) is 1. The highest BCUT2D eigenvalue weighted by Gasteiger charge is 2.25. The minimum atomic E-state index is -0.421. The fourth-order valence-electron chi connectivity index (χ4n) is 1.51. The molecule has 1 aliphatic carbocycles. The molecular formula is C10H13FN2. The van der Waals surface area contributed by atoms with Gasteiger partial charge in [0.05, 0.1) is 0 Å². The Morgan fingerprint density at radius 3 is 3.00 bits per heavy atom. The van der Waals surface area contributed by atoms with E-state index >= 15 is 0 Å². The molecule has 0 saturated heterocycles. The monoisotopic (exact) mass is 180 g/mol. The largest absolute Gasteiger partial charge is 0.324 e. The maximum absolute atomic E-state index is 13.1. The summed E-state index contributed by atoms with van der Waals surface area (Å²) >= 11 is 0. The Labute approximate surface area is 77.0 Å². The van der Waals surface area contributed by atoms with E-state index in [-0.39, 0.29) is 6.04 Å². The van der Waals surface area contributed by atoms with Gasteiger partial charge in [-0.15, -0.1) is 0 Å². The summed E-state index contributed by atoms with van der Waals surface area (Å²) in [5.41, 5.74) is 6.41. The summed E-state index contributed by atoms with van der Waals surface area (Å²) in [7, 11) is 0. The van der Waals surface area contributed by atoms with E-state index in [1.165, 1.54) is 19.0 Å². The average molecular weight is 180 g/mol. The number of halogens is 1. The molecule has 1 saturated carbocycles. The number of nitrogens with zero attached hydrogens (tertiary/aromatic N) is 1. The molecule has 1 fully saturated rings. The summed E-state index contributed by atoms with van der Waals surface area (Å²) in [6.45, 7) is 0. The zero-order valence-electron chi connectivity index (χ0n) is 7.41. The van der Waals surface area contributed by atoms with E-state index in [9.17, 15) is 4.39 Å². The van der Waals surface area contributed by atoms with Gasteiger partial charge in [-0.25, -0.2) is 4.98 Å². The van der Waals surface area contributed by atoms with E-state index in [0.29, 0.717) is 5.56 Å². The highest BCUT2D eigenvalue weighted by molar-refractivity contribution is 5.15. The van der Waals surface area contributed by atoms with Gasteiger partial charge < -0.3 is 5.73 Å². The first-order valence-electron chi connectivity index (χ1n) is 4.63. The van der Waals surface area contributed by atoms with Crippen LogP contribution in [0, 0.1) is 11.9 Å². The van der Waals surface area contributed by atoms with Gasteiger partial charge in [0.1, 0.15) is 0 Å². The fraction of sp³-hybridized carbons (Fsp3) is 0.500. The second-order valence-electron chi connectivity index (χ2n) is 3.67. The molecule has 2 nitrogen and oxygen atoms in total. The standard InChI is InChI=1S/C10H13FN2/c11-10-8(2-1-5-13-10)9(12)6-7-3-4-7/h1-2,5,7,9H,3-4,6,12H2/t9-/m1/s1. The quantitative estimate of drug-likeness (QED) is 0.723. The van der Waals surface area contributed by atoms with Crippen molar-refractivity contribution in [2.24, 2.45) is 11.7 Å². The Kier molecular flexibility index (Phi) is 2.27. The summed E-state index contributed by atoms with van der Waals surface area (Å²) in [6, 6.07) is 3.27. The molecule has 0 aliphatic heterocycles. The van der Waals surface area contributed by atoms with Crippen LogP contribution in [0.4, 0.5) is 4.39 Å². The van der Waals surface area contributed by atoms with Gasteiger partial charge in [-0.3, -0.25) is 0 Å². The first kappa shape index (κ1) is 8.63. The molecule has 0 unspecified atom stereocenters. The first-order chi connectivity index (χ1) is 6.27. The molecule has 0 bridgehead atoms. The van der Waals surface area contributed by atoms with Crippen LogP contribution >= 0.6 is 0 Å². The average Bonchev–Trinajstić information content (AvgIpc) is 2.89. The minimum Gasteiger partial charge on any atom is -0.324 e. The molecule has 3 heteroatoms. The minimum absolute atomic E-state index is 0.179. The highest BCUT2D eigenvalue weighted by atomic mass is 19.1. The summed E-state index contributed by atoms with van der Waals surface area (Å²) in [4.78, 5) is 3.58. The van der Waals surface area contributed by atoms with Crippen LogP contribution in [-0.2, 0) is 0 Å². The van der Waals surface area contributed by atoms with Crippen LogP contribution in [-0.4, -0.2) is 4.98 Å². The predicted octanol–water partition coefficient (Wildman–Crippen LogP) is 2.02. The Hall–Kier alpha value is -0.960. The van der Waals surface area contributed by atoms with Crippen molar-refractivity contribution >= 4 is 0 Å². The third-order valence-corrected chi connectivity index (χ3v) is 2.47. The van der Waals surface area contributed by atoms with E-state index in [1.807, 2.05) is 0 Å². The second-order valence-corrected chi connectivity index (χ2v) is 3.67. The summed E-state index contributed by atoms with van der Waals surface area (Å²) in [5.74, 6) is 0.297. The number of hydrogen-bond acceptors (Lipinski definition) is 2. The van der Waals surface area contributed by atoms with Gasteiger partial charge in [0, 0.05) is 17.8 Å². The van der Waals surface area contributed by atoms with E-state index in [0.717, 1.165) is 12.3 Å². The van der Waals surface area contributed by atoms with Crippen molar-refractivity contribution < 1.29 is 4.39 Å². The van der Waals surface area contributed by atoms with Crippen molar-refractivity contribution in [2.75, 3.05) is 0 Å². The van der Waals surface area contributed by atoms with Crippen LogP contribution < -0.4 is 5.73 Å². The maximum atomic E-state index is 13.1. The lowest BCUT2D eigenvalue weighted by molar-refractivity contribution is 0.518. The number of aromatic nitrogens is 1. The highest BCUT2D eigenvalue weighted by Crippen LogP contribution is 2.36. The first-order valence-corrected chi connectivity index (χ1v) is 4.63. The predicted molar refractivity (Wildman–Crippen MR) is 48.5 cm³/mol. The lowest BCUT2D eigenvalue weighted by atomic mass is 10.0. The normalized spacial score (nSPS) is 18.6. The number of hydrogen-bond donors (Lipinski definition) is 1. The third-order valence-electron chi connectivity index (χ3n) is 2.47. The number of rotatable bonds is 3. The van der Waals surface area contributed by atoms with Gasteiger partial charge in [-0.1, -0.05) is 18.9 Å². The van der Waals surface area contributed by atoms with Gasteiger partial charge in [0.15, 0.2) is 0 Å². The summed E-state index contributed by atoms with van der Waals surface area (Å²) in [6.07, 6.45) is 4.83. The van der Waals surface area contributed by atoms with E-state index < -0.39 is 5.95 Å². The zero-order chi connectivity index (χ0) is 9.26. The van der Waals surface area contributed by atoms with Crippen molar-refractivity contribution in [3.63, 3.8) is 0 Å². The maximum Gasteiger partial charge on any atom is 0.217 e. The Morgan fingerprint density at radius 2 is 2.38 bits per heavy atom. The third kappa shape index (κ3) is 2.04. The second kappa shape index (κ2) is 3.42. The van der Waals surface area contributed by atoms with Crippen molar-refractivity contribution in [1.82, 2.24) is 4.98 Å². The Balaban J connectivity index is 2.09. The Morgan fingerprint density at radius 1 is 1.62 bits per heavy atom. The Bertz CT molecular complexity index is 297. The van der Waals surface area contributed by atoms with Crippen LogP contribution in [0.3, 0.4) is 0 Å². The molecule has 1 aromatic rings. The van der Waals surface area contributed by atoms with Crippen LogP contribution in [0.5, 0.6) is 0 Å². The molecule has 1 aliphatic rings. The fourth-order valence-corrected chi connectivity index (χ4v) is 1.51. The number of pyridine rings is 1. The molecule has 13 heavy (non-hydrogen) atoms. The van der Waals surface area contributed by atoms with Crippen molar-refractivity contribution in [3.8, 4) is 0 Å². The molecule has 2 rings (SSSR count). The zero-order valence-corrected chi connectivity index (χ0v) is 7.41. The molecule has 0 spiro atoms. The molecule has 1 aromatic heterocycles. The van der Waals surface area contributed by atoms with Gasteiger partial charge in [-0.05, 0) is 18.4 Å². The van der Waals surface area contributed by atoms with Crippen molar-refractivity contribution in [2.45, 2.75) is 25.3 Å². The lowest BCUT2D eigenvalue weighted by Crippen LogP contribution is -2.13. The lowest BCUT2D eigenvalue weighted by Gasteiger charge is -2.10. The summed E-state index contributed by atoms with van der Waals surface area (Å²) < 4.78 is 13.1. The van der Waals surface area contributed by atoms with Crippen LogP contribution in [0.2, 0.25) is 0 Å². The topological polar surface area (TPSA) is 38.9 Å².